The van der Waals surface area contributed by atoms with Crippen LogP contribution >= 0.6 is 0 Å². The summed E-state index contributed by atoms with van der Waals surface area (Å²) in [6.45, 7) is 8.94. The lowest BCUT2D eigenvalue weighted by Crippen LogP contribution is -2.39. The van der Waals surface area contributed by atoms with Gasteiger partial charge in [-0.1, -0.05) is 13.8 Å². The Bertz CT molecular complexity index is 464. The van der Waals surface area contributed by atoms with Crippen molar-refractivity contribution in [1.29, 1.82) is 0 Å². The second kappa shape index (κ2) is 7.59. The Morgan fingerprint density at radius 2 is 2.10 bits per heavy atom. The molecule has 0 spiro atoms. The molecule has 0 aliphatic carbocycles. The first kappa shape index (κ1) is 16.0. The van der Waals surface area contributed by atoms with Crippen molar-refractivity contribution >= 4 is 11.6 Å². The molecule has 2 N–H and O–H groups in total. The number of nitrogens with zero attached hydrogens (tertiary/aromatic N) is 3. The molecule has 0 bridgehead atoms. The summed E-state index contributed by atoms with van der Waals surface area (Å²) < 4.78 is 0. The van der Waals surface area contributed by atoms with Gasteiger partial charge in [0, 0.05) is 31.6 Å². The Morgan fingerprint density at radius 3 is 2.76 bits per heavy atom. The molecule has 5 nitrogen and oxygen atoms in total. The molecular formula is C16H28N4O. The minimum Gasteiger partial charge on any atom is -0.391 e. The van der Waals surface area contributed by atoms with Crippen LogP contribution in [0.2, 0.25) is 0 Å². The average molecular weight is 292 g/mol. The van der Waals surface area contributed by atoms with E-state index in [2.05, 4.69) is 36.0 Å². The molecule has 1 aromatic rings. The SMILES string of the molecule is CCCNc1nc(CCC)nc(N2CCCC(O)C2)c1C. The Balaban J connectivity index is 2.30. The van der Waals surface area contributed by atoms with Crippen LogP contribution in [-0.2, 0) is 6.42 Å². The van der Waals surface area contributed by atoms with Gasteiger partial charge in [0.25, 0.3) is 0 Å². The number of hydrogen-bond donors (Lipinski definition) is 2. The topological polar surface area (TPSA) is 61.3 Å². The summed E-state index contributed by atoms with van der Waals surface area (Å²) in [6, 6.07) is 0. The molecule has 0 amide bonds. The summed E-state index contributed by atoms with van der Waals surface area (Å²) in [5.74, 6) is 2.84. The van der Waals surface area contributed by atoms with Gasteiger partial charge in [0.05, 0.1) is 6.10 Å². The van der Waals surface area contributed by atoms with Crippen LogP contribution in [0.1, 0.15) is 50.9 Å². The number of nitrogens with one attached hydrogen (secondary N) is 1. The van der Waals surface area contributed by atoms with E-state index in [1.807, 2.05) is 0 Å². The highest BCUT2D eigenvalue weighted by Gasteiger charge is 2.22. The number of β-amino-alcohol motifs (C(OH)–C–C–N with tert-alkyl or cyclic N) is 1. The summed E-state index contributed by atoms with van der Waals surface area (Å²) >= 11 is 0. The van der Waals surface area contributed by atoms with Crippen molar-refractivity contribution < 1.29 is 5.11 Å². The molecule has 2 heterocycles. The van der Waals surface area contributed by atoms with Gasteiger partial charge in [-0.15, -0.1) is 0 Å². The van der Waals surface area contributed by atoms with Crippen molar-refractivity contribution in [3.05, 3.63) is 11.4 Å². The highest BCUT2D eigenvalue weighted by Crippen LogP contribution is 2.26. The van der Waals surface area contributed by atoms with Crippen molar-refractivity contribution in [3.63, 3.8) is 0 Å². The molecule has 2 rings (SSSR count). The minimum absolute atomic E-state index is 0.241. The highest BCUT2D eigenvalue weighted by molar-refractivity contribution is 5.59. The van der Waals surface area contributed by atoms with E-state index < -0.39 is 0 Å². The van der Waals surface area contributed by atoms with Gasteiger partial charge in [0.2, 0.25) is 0 Å². The zero-order valence-electron chi connectivity index (χ0n) is 13.5. The lowest BCUT2D eigenvalue weighted by Gasteiger charge is -2.32. The third kappa shape index (κ3) is 4.06. The number of aliphatic hydroxyl groups is 1. The fourth-order valence-electron chi connectivity index (χ4n) is 2.76. The quantitative estimate of drug-likeness (QED) is 0.843. The van der Waals surface area contributed by atoms with E-state index in [9.17, 15) is 5.11 Å². The van der Waals surface area contributed by atoms with Gasteiger partial charge in [-0.2, -0.15) is 0 Å². The molecule has 1 aliphatic rings. The number of aromatic nitrogens is 2. The third-order valence-electron chi connectivity index (χ3n) is 3.88. The molecule has 1 fully saturated rings. The molecule has 1 aliphatic heterocycles. The number of hydrogen-bond acceptors (Lipinski definition) is 5. The molecule has 118 valence electrons. The largest absolute Gasteiger partial charge is 0.391 e. The maximum atomic E-state index is 9.91. The molecule has 5 heteroatoms. The van der Waals surface area contributed by atoms with Crippen LogP contribution in [0, 0.1) is 6.92 Å². The molecule has 1 atom stereocenters. The molecule has 0 radical (unpaired) electrons. The van der Waals surface area contributed by atoms with Crippen molar-refractivity contribution in [2.45, 2.75) is 59.0 Å². The van der Waals surface area contributed by atoms with E-state index >= 15 is 0 Å². The lowest BCUT2D eigenvalue weighted by molar-refractivity contribution is 0.154. The van der Waals surface area contributed by atoms with Gasteiger partial charge in [-0.25, -0.2) is 9.97 Å². The second-order valence-electron chi connectivity index (χ2n) is 5.86. The highest BCUT2D eigenvalue weighted by atomic mass is 16.3. The van der Waals surface area contributed by atoms with Gasteiger partial charge < -0.3 is 15.3 Å². The Labute approximate surface area is 127 Å². The Morgan fingerprint density at radius 1 is 1.29 bits per heavy atom. The number of aryl methyl sites for hydroxylation is 1. The van der Waals surface area contributed by atoms with Crippen molar-refractivity contribution in [1.82, 2.24) is 9.97 Å². The van der Waals surface area contributed by atoms with Crippen LogP contribution < -0.4 is 10.2 Å². The smallest absolute Gasteiger partial charge is 0.137 e. The Hall–Kier alpha value is -1.36. The number of aliphatic hydroxyl groups excluding tert-OH is 1. The van der Waals surface area contributed by atoms with E-state index in [4.69, 9.17) is 4.98 Å². The van der Waals surface area contributed by atoms with E-state index in [0.29, 0.717) is 6.54 Å². The summed E-state index contributed by atoms with van der Waals surface area (Å²) in [5.41, 5.74) is 1.09. The van der Waals surface area contributed by atoms with Crippen molar-refractivity contribution in [3.8, 4) is 0 Å². The first-order chi connectivity index (χ1) is 10.2. The van der Waals surface area contributed by atoms with Crippen molar-refractivity contribution in [2.24, 2.45) is 0 Å². The van der Waals surface area contributed by atoms with Crippen LogP contribution in [0.3, 0.4) is 0 Å². The third-order valence-corrected chi connectivity index (χ3v) is 3.88. The van der Waals surface area contributed by atoms with E-state index in [1.165, 1.54) is 0 Å². The first-order valence-corrected chi connectivity index (χ1v) is 8.20. The van der Waals surface area contributed by atoms with Gasteiger partial charge >= 0.3 is 0 Å². The normalized spacial score (nSPS) is 18.9. The fourth-order valence-corrected chi connectivity index (χ4v) is 2.76. The maximum absolute atomic E-state index is 9.91. The predicted octanol–water partition coefficient (Wildman–Crippen LogP) is 2.52. The number of piperidine rings is 1. The van der Waals surface area contributed by atoms with Gasteiger partial charge in [-0.3, -0.25) is 0 Å². The maximum Gasteiger partial charge on any atom is 0.137 e. The van der Waals surface area contributed by atoms with E-state index in [-0.39, 0.29) is 6.10 Å². The summed E-state index contributed by atoms with van der Waals surface area (Å²) in [5, 5.41) is 13.3. The standard InChI is InChI=1S/C16H28N4O/c1-4-7-14-18-15(17-9-5-2)12(3)16(19-14)20-10-6-8-13(21)11-20/h13,21H,4-11H2,1-3H3,(H,17,18,19). The van der Waals surface area contributed by atoms with Crippen LogP contribution in [0.25, 0.3) is 0 Å². The van der Waals surface area contributed by atoms with Crippen LogP contribution in [-0.4, -0.2) is 40.8 Å². The van der Waals surface area contributed by atoms with Crippen LogP contribution in [0.15, 0.2) is 0 Å². The monoisotopic (exact) mass is 292 g/mol. The fraction of sp³-hybridized carbons (Fsp3) is 0.750. The van der Waals surface area contributed by atoms with E-state index in [1.54, 1.807) is 0 Å². The van der Waals surface area contributed by atoms with Crippen LogP contribution in [0.4, 0.5) is 11.6 Å². The minimum atomic E-state index is -0.241. The molecule has 0 saturated carbocycles. The molecule has 1 saturated heterocycles. The molecule has 21 heavy (non-hydrogen) atoms. The molecule has 1 unspecified atom stereocenters. The first-order valence-electron chi connectivity index (χ1n) is 8.20. The molecule has 1 aromatic heterocycles. The number of rotatable bonds is 6. The number of anilines is 2. The summed E-state index contributed by atoms with van der Waals surface area (Å²) in [7, 11) is 0. The molecule has 0 aromatic carbocycles. The van der Waals surface area contributed by atoms with Crippen LogP contribution in [0.5, 0.6) is 0 Å². The second-order valence-corrected chi connectivity index (χ2v) is 5.86. The lowest BCUT2D eigenvalue weighted by atomic mass is 10.1. The molecular weight excluding hydrogens is 264 g/mol. The summed E-state index contributed by atoms with van der Waals surface area (Å²) in [6.07, 6.45) is 4.68. The summed E-state index contributed by atoms with van der Waals surface area (Å²) in [4.78, 5) is 11.6. The average Bonchev–Trinajstić information content (AvgIpc) is 2.47. The van der Waals surface area contributed by atoms with Gasteiger partial charge in [0.15, 0.2) is 0 Å². The van der Waals surface area contributed by atoms with Crippen molar-refractivity contribution in [2.75, 3.05) is 29.9 Å². The van der Waals surface area contributed by atoms with Gasteiger partial charge in [0.1, 0.15) is 17.5 Å². The Kier molecular flexibility index (Phi) is 5.79. The van der Waals surface area contributed by atoms with Gasteiger partial charge in [-0.05, 0) is 32.6 Å². The zero-order valence-corrected chi connectivity index (χ0v) is 13.5. The predicted molar refractivity (Wildman–Crippen MR) is 87.0 cm³/mol. The zero-order chi connectivity index (χ0) is 15.2. The van der Waals surface area contributed by atoms with E-state index in [0.717, 1.165) is 68.2 Å².